The summed E-state index contributed by atoms with van der Waals surface area (Å²) < 4.78 is 1.14. The monoisotopic (exact) mass is 380 g/mol. The van der Waals surface area contributed by atoms with Crippen LogP contribution in [-0.2, 0) is 13.0 Å². The molecule has 0 radical (unpaired) electrons. The lowest BCUT2D eigenvalue weighted by Crippen LogP contribution is -2.31. The van der Waals surface area contributed by atoms with Crippen molar-refractivity contribution in [3.63, 3.8) is 0 Å². The average Bonchev–Trinajstić information content (AvgIpc) is 2.62. The third-order valence-electron chi connectivity index (χ3n) is 4.18. The zero-order chi connectivity index (χ0) is 16.4. The van der Waals surface area contributed by atoms with Gasteiger partial charge >= 0.3 is 0 Å². The van der Waals surface area contributed by atoms with Crippen LogP contribution in [0, 0.1) is 0 Å². The highest BCUT2D eigenvalue weighted by Gasteiger charge is 2.18. The van der Waals surface area contributed by atoms with Crippen LogP contribution in [0.1, 0.15) is 11.1 Å². The van der Waals surface area contributed by atoms with Crippen molar-refractivity contribution in [2.75, 3.05) is 16.8 Å². The van der Waals surface area contributed by atoms with E-state index in [1.807, 2.05) is 42.6 Å². The Balaban J connectivity index is 1.55. The number of nitrogens with one attached hydrogen (secondary N) is 1. The van der Waals surface area contributed by atoms with Gasteiger partial charge in [0.1, 0.15) is 5.82 Å². The number of anilines is 3. The van der Waals surface area contributed by atoms with Crippen LogP contribution in [0.25, 0.3) is 0 Å². The van der Waals surface area contributed by atoms with Crippen molar-refractivity contribution < 1.29 is 0 Å². The molecule has 0 spiro atoms. The lowest BCUT2D eigenvalue weighted by Gasteiger charge is -2.30. The smallest absolute Gasteiger partial charge is 0.229 e. The van der Waals surface area contributed by atoms with Gasteiger partial charge in [-0.25, -0.2) is 4.98 Å². The number of halogens is 1. The molecule has 24 heavy (non-hydrogen) atoms. The van der Waals surface area contributed by atoms with Crippen molar-refractivity contribution in [3.8, 4) is 0 Å². The number of aromatic nitrogens is 2. The largest absolute Gasteiger partial charge is 0.352 e. The molecule has 1 aliphatic rings. The number of hydrogen-bond acceptors (Lipinski definition) is 4. The van der Waals surface area contributed by atoms with Crippen LogP contribution < -0.4 is 10.2 Å². The van der Waals surface area contributed by atoms with Gasteiger partial charge in [0.25, 0.3) is 0 Å². The van der Waals surface area contributed by atoms with Crippen LogP contribution in [0.4, 0.5) is 17.5 Å². The Labute approximate surface area is 149 Å². The molecule has 120 valence electrons. The Morgan fingerprint density at radius 2 is 1.88 bits per heavy atom. The predicted molar refractivity (Wildman–Crippen MR) is 101 cm³/mol. The topological polar surface area (TPSA) is 41.1 Å². The highest BCUT2D eigenvalue weighted by Crippen LogP contribution is 2.26. The predicted octanol–water partition coefficient (Wildman–Crippen LogP) is 4.55. The zero-order valence-corrected chi connectivity index (χ0v) is 14.7. The van der Waals surface area contributed by atoms with Gasteiger partial charge in [0.2, 0.25) is 5.95 Å². The molecular formula is C19H17BrN4. The summed E-state index contributed by atoms with van der Waals surface area (Å²) in [6.07, 6.45) is 2.84. The summed E-state index contributed by atoms with van der Waals surface area (Å²) >= 11 is 3.55. The summed E-state index contributed by atoms with van der Waals surface area (Å²) in [6.45, 7) is 1.84. The fourth-order valence-electron chi connectivity index (χ4n) is 2.95. The van der Waals surface area contributed by atoms with Crippen molar-refractivity contribution in [2.24, 2.45) is 0 Å². The first-order valence-electron chi connectivity index (χ1n) is 7.95. The van der Waals surface area contributed by atoms with Crippen molar-refractivity contribution in [2.45, 2.75) is 13.0 Å². The second-order valence-corrected chi connectivity index (χ2v) is 6.73. The number of nitrogens with zero attached hydrogens (tertiary/aromatic N) is 3. The number of para-hydroxylation sites is 1. The highest BCUT2D eigenvalue weighted by molar-refractivity contribution is 9.10. The van der Waals surface area contributed by atoms with Gasteiger partial charge in [0.05, 0.1) is 0 Å². The third-order valence-corrected chi connectivity index (χ3v) is 4.67. The Bertz CT molecular complexity index is 851. The molecule has 2 heterocycles. The zero-order valence-electron chi connectivity index (χ0n) is 13.1. The maximum atomic E-state index is 4.68. The molecule has 0 bridgehead atoms. The Hall–Kier alpha value is -2.40. The summed E-state index contributed by atoms with van der Waals surface area (Å²) in [5.41, 5.74) is 3.77. The maximum absolute atomic E-state index is 4.68. The van der Waals surface area contributed by atoms with E-state index in [1.165, 1.54) is 11.1 Å². The fourth-order valence-corrected chi connectivity index (χ4v) is 3.36. The van der Waals surface area contributed by atoms with E-state index in [1.54, 1.807) is 0 Å². The van der Waals surface area contributed by atoms with Crippen molar-refractivity contribution in [1.82, 2.24) is 9.97 Å². The molecule has 3 aromatic rings. The standard InChI is InChI=1S/C19H17BrN4/c20-16-7-6-15-13-24(11-9-14(15)12-16)18-8-10-21-19(23-18)22-17-4-2-1-3-5-17/h1-8,10,12H,9,11,13H2,(H,21,22,23). The van der Waals surface area contributed by atoms with Gasteiger partial charge in [-0.3, -0.25) is 0 Å². The summed E-state index contributed by atoms with van der Waals surface area (Å²) in [4.78, 5) is 11.3. The molecule has 0 atom stereocenters. The lowest BCUT2D eigenvalue weighted by atomic mass is 10.00. The summed E-state index contributed by atoms with van der Waals surface area (Å²) in [6, 6.07) is 18.5. The van der Waals surface area contributed by atoms with E-state index >= 15 is 0 Å². The van der Waals surface area contributed by atoms with E-state index in [0.29, 0.717) is 5.95 Å². The molecule has 0 saturated carbocycles. The van der Waals surface area contributed by atoms with Crippen LogP contribution in [0.2, 0.25) is 0 Å². The maximum Gasteiger partial charge on any atom is 0.229 e. The summed E-state index contributed by atoms with van der Waals surface area (Å²) in [7, 11) is 0. The first-order chi connectivity index (χ1) is 11.8. The highest BCUT2D eigenvalue weighted by atomic mass is 79.9. The number of rotatable bonds is 3. The molecule has 4 rings (SSSR count). The molecule has 0 fully saturated rings. The molecule has 5 heteroatoms. The molecule has 4 nitrogen and oxygen atoms in total. The normalized spacial score (nSPS) is 13.5. The number of hydrogen-bond donors (Lipinski definition) is 1. The van der Waals surface area contributed by atoms with Gasteiger partial charge in [-0.2, -0.15) is 4.98 Å². The fraction of sp³-hybridized carbons (Fsp3) is 0.158. The molecular weight excluding hydrogens is 364 g/mol. The quantitative estimate of drug-likeness (QED) is 0.723. The summed E-state index contributed by atoms with van der Waals surface area (Å²) in [5, 5.41) is 3.25. The summed E-state index contributed by atoms with van der Waals surface area (Å²) in [5.74, 6) is 1.58. The van der Waals surface area contributed by atoms with Gasteiger partial charge in [0, 0.05) is 29.4 Å². The van der Waals surface area contributed by atoms with E-state index in [0.717, 1.165) is 35.5 Å². The van der Waals surface area contributed by atoms with Crippen LogP contribution in [0.3, 0.4) is 0 Å². The van der Waals surface area contributed by atoms with Crippen molar-refractivity contribution in [1.29, 1.82) is 0 Å². The second kappa shape index (κ2) is 6.61. The number of fused-ring (bicyclic) bond motifs is 1. The molecule has 0 aliphatic carbocycles. The van der Waals surface area contributed by atoms with Crippen LogP contribution in [0.15, 0.2) is 65.3 Å². The van der Waals surface area contributed by atoms with E-state index in [9.17, 15) is 0 Å². The molecule has 1 aliphatic heterocycles. The minimum absolute atomic E-state index is 0.625. The number of benzene rings is 2. The van der Waals surface area contributed by atoms with E-state index < -0.39 is 0 Å². The first-order valence-corrected chi connectivity index (χ1v) is 8.74. The van der Waals surface area contributed by atoms with Crippen molar-refractivity contribution in [3.05, 3.63) is 76.4 Å². The Morgan fingerprint density at radius 1 is 1.00 bits per heavy atom. The Kier molecular flexibility index (Phi) is 4.17. The van der Waals surface area contributed by atoms with Gasteiger partial charge in [-0.15, -0.1) is 0 Å². The van der Waals surface area contributed by atoms with Crippen LogP contribution in [0.5, 0.6) is 0 Å². The first kappa shape index (κ1) is 15.1. The van der Waals surface area contributed by atoms with Gasteiger partial charge in [-0.1, -0.05) is 40.2 Å². The Morgan fingerprint density at radius 3 is 2.75 bits per heavy atom. The third kappa shape index (κ3) is 3.26. The second-order valence-electron chi connectivity index (χ2n) is 5.81. The lowest BCUT2D eigenvalue weighted by molar-refractivity contribution is 0.719. The SMILES string of the molecule is Brc1ccc2c(c1)CCN(c1ccnc(Nc3ccccc3)n1)C2. The van der Waals surface area contributed by atoms with E-state index in [4.69, 9.17) is 0 Å². The minimum atomic E-state index is 0.625. The molecule has 0 unspecified atom stereocenters. The minimum Gasteiger partial charge on any atom is -0.352 e. The molecule has 0 saturated heterocycles. The average molecular weight is 381 g/mol. The van der Waals surface area contributed by atoms with E-state index in [-0.39, 0.29) is 0 Å². The molecule has 2 aromatic carbocycles. The van der Waals surface area contributed by atoms with Crippen molar-refractivity contribution >= 4 is 33.4 Å². The van der Waals surface area contributed by atoms with Crippen LogP contribution >= 0.6 is 15.9 Å². The van der Waals surface area contributed by atoms with Gasteiger partial charge < -0.3 is 10.2 Å². The van der Waals surface area contributed by atoms with Gasteiger partial charge in [-0.05, 0) is 47.9 Å². The molecule has 1 aromatic heterocycles. The van der Waals surface area contributed by atoms with Crippen LogP contribution in [-0.4, -0.2) is 16.5 Å². The van der Waals surface area contributed by atoms with Gasteiger partial charge in [0.15, 0.2) is 0 Å². The van der Waals surface area contributed by atoms with E-state index in [2.05, 4.69) is 54.3 Å². The molecule has 1 N–H and O–H groups in total. The molecule has 0 amide bonds.